The van der Waals surface area contributed by atoms with Crippen LogP contribution in [0.15, 0.2) is 72.8 Å². The molecule has 3 N–H and O–H groups in total. The summed E-state index contributed by atoms with van der Waals surface area (Å²) < 4.78 is 5.16. The second kappa shape index (κ2) is 15.3. The lowest BCUT2D eigenvalue weighted by Gasteiger charge is -2.23. The van der Waals surface area contributed by atoms with Crippen LogP contribution in [0.25, 0.3) is 10.8 Å². The molecule has 9 heteroatoms. The van der Waals surface area contributed by atoms with Gasteiger partial charge in [0, 0.05) is 18.9 Å². The van der Waals surface area contributed by atoms with Gasteiger partial charge in [-0.3, -0.25) is 24.0 Å². The van der Waals surface area contributed by atoms with E-state index >= 15 is 0 Å². The first-order valence-corrected chi connectivity index (χ1v) is 13.6. The summed E-state index contributed by atoms with van der Waals surface area (Å²) in [6.07, 6.45) is -0.231. The van der Waals surface area contributed by atoms with Crippen molar-refractivity contribution < 1.29 is 33.8 Å². The van der Waals surface area contributed by atoms with Gasteiger partial charge in [-0.25, -0.2) is 0 Å². The Morgan fingerprint density at radius 2 is 1.54 bits per heavy atom. The van der Waals surface area contributed by atoms with Crippen LogP contribution in [0.5, 0.6) is 0 Å². The molecule has 0 aliphatic heterocycles. The van der Waals surface area contributed by atoms with Gasteiger partial charge in [0.1, 0.15) is 6.04 Å². The number of rotatable bonds is 15. The van der Waals surface area contributed by atoms with Gasteiger partial charge in [0.05, 0.1) is 12.8 Å². The lowest BCUT2D eigenvalue weighted by Crippen LogP contribution is -2.48. The number of amides is 2. The van der Waals surface area contributed by atoms with Crippen molar-refractivity contribution in [3.8, 4) is 0 Å². The van der Waals surface area contributed by atoms with Crippen LogP contribution in [-0.4, -0.2) is 53.8 Å². The molecule has 2 atom stereocenters. The van der Waals surface area contributed by atoms with Gasteiger partial charge in [0.2, 0.25) is 11.8 Å². The van der Waals surface area contributed by atoms with E-state index in [1.165, 1.54) is 0 Å². The van der Waals surface area contributed by atoms with E-state index < -0.39 is 48.6 Å². The molecule has 9 nitrogen and oxygen atoms in total. The Bertz CT molecular complexity index is 1370. The van der Waals surface area contributed by atoms with Crippen LogP contribution in [-0.2, 0) is 41.6 Å². The van der Waals surface area contributed by atoms with Crippen LogP contribution in [0.3, 0.4) is 0 Å². The second-order valence-electron chi connectivity index (χ2n) is 10.2. The van der Waals surface area contributed by atoms with Crippen molar-refractivity contribution in [1.29, 1.82) is 0 Å². The molecule has 0 saturated heterocycles. The minimum absolute atomic E-state index is 0.0700. The van der Waals surface area contributed by atoms with Crippen molar-refractivity contribution in [3.05, 3.63) is 83.9 Å². The maximum absolute atomic E-state index is 13.1. The molecule has 2 unspecified atom stereocenters. The molecular weight excluding hydrogens is 524 g/mol. The number of esters is 1. The number of carboxylic acid groups (broad SMARTS) is 1. The number of hydrogen-bond donors (Lipinski definition) is 3. The van der Waals surface area contributed by atoms with Crippen LogP contribution in [0, 0.1) is 11.8 Å². The average Bonchev–Trinajstić information content (AvgIpc) is 2.94. The van der Waals surface area contributed by atoms with Gasteiger partial charge < -0.3 is 20.5 Å². The summed E-state index contributed by atoms with van der Waals surface area (Å²) in [6, 6.07) is 21.3. The molecular formula is C32H36N2O7. The molecule has 0 aliphatic rings. The molecule has 0 heterocycles. The Balaban J connectivity index is 1.55. The molecule has 2 amide bonds. The van der Waals surface area contributed by atoms with Gasteiger partial charge in [-0.15, -0.1) is 0 Å². The minimum atomic E-state index is -1.41. The van der Waals surface area contributed by atoms with E-state index in [0.717, 1.165) is 21.9 Å². The summed E-state index contributed by atoms with van der Waals surface area (Å²) >= 11 is 0. The van der Waals surface area contributed by atoms with Crippen LogP contribution in [0.4, 0.5) is 0 Å². The highest BCUT2D eigenvalue weighted by atomic mass is 16.5. The van der Waals surface area contributed by atoms with Crippen molar-refractivity contribution in [2.24, 2.45) is 11.8 Å². The number of benzene rings is 3. The zero-order valence-corrected chi connectivity index (χ0v) is 23.3. The quantitative estimate of drug-likeness (QED) is 0.242. The van der Waals surface area contributed by atoms with Crippen LogP contribution in [0.1, 0.15) is 37.8 Å². The van der Waals surface area contributed by atoms with E-state index in [0.29, 0.717) is 13.0 Å². The lowest BCUT2D eigenvalue weighted by atomic mass is 9.90. The summed E-state index contributed by atoms with van der Waals surface area (Å²) in [5.41, 5.74) is 1.80. The number of hydrogen-bond acceptors (Lipinski definition) is 6. The number of ketones is 1. The van der Waals surface area contributed by atoms with Gasteiger partial charge in [0.15, 0.2) is 12.4 Å². The highest BCUT2D eigenvalue weighted by Crippen LogP contribution is 2.19. The molecule has 216 valence electrons. The molecule has 0 spiro atoms. The van der Waals surface area contributed by atoms with Gasteiger partial charge >= 0.3 is 11.9 Å². The Labute approximate surface area is 239 Å². The normalized spacial score (nSPS) is 12.4. The van der Waals surface area contributed by atoms with Crippen molar-refractivity contribution in [2.75, 3.05) is 13.2 Å². The topological polar surface area (TPSA) is 139 Å². The fourth-order valence-electron chi connectivity index (χ4n) is 4.50. The van der Waals surface area contributed by atoms with E-state index in [1.807, 2.05) is 66.7 Å². The predicted octanol–water partition coefficient (Wildman–Crippen LogP) is 3.48. The van der Waals surface area contributed by atoms with Crippen molar-refractivity contribution >= 4 is 40.3 Å². The fourth-order valence-corrected chi connectivity index (χ4v) is 4.50. The Morgan fingerprint density at radius 3 is 2.24 bits per heavy atom. The summed E-state index contributed by atoms with van der Waals surface area (Å²) in [4.78, 5) is 62.4. The molecule has 3 rings (SSSR count). The first-order valence-electron chi connectivity index (χ1n) is 13.6. The molecule has 0 bridgehead atoms. The smallest absolute Gasteiger partial charge is 0.310 e. The third-order valence-corrected chi connectivity index (χ3v) is 6.80. The maximum Gasteiger partial charge on any atom is 0.310 e. The van der Waals surface area contributed by atoms with E-state index in [2.05, 4.69) is 10.6 Å². The molecule has 0 aliphatic carbocycles. The highest BCUT2D eigenvalue weighted by molar-refractivity contribution is 5.95. The highest BCUT2D eigenvalue weighted by Gasteiger charge is 2.31. The van der Waals surface area contributed by atoms with Gasteiger partial charge in [0.25, 0.3) is 0 Å². The number of carbonyl (C=O) groups excluding carboxylic acids is 4. The molecule has 0 radical (unpaired) electrons. The van der Waals surface area contributed by atoms with Crippen LogP contribution >= 0.6 is 0 Å². The summed E-state index contributed by atoms with van der Waals surface area (Å²) in [5.74, 6) is -4.67. The number of Topliss-reactive ketones (excluding diaryl/α,β-unsaturated/α-hetero) is 1. The lowest BCUT2D eigenvalue weighted by molar-refractivity contribution is -0.149. The van der Waals surface area contributed by atoms with Gasteiger partial charge in [-0.2, -0.15) is 0 Å². The molecule has 41 heavy (non-hydrogen) atoms. The standard InChI is InChI=1S/C32H36N2O7/c1-21(2)26(18-29(36)33-16-15-22-9-4-3-5-10-22)32(40)34-27(19-30(37)38)28(35)20-41-31(39)17-24-13-8-12-23-11-6-7-14-25(23)24/h3-14,21,26-27H,15-20H2,1-2H3,(H,33,36)(H,34,40)(H,37,38). The van der Waals surface area contributed by atoms with Crippen LogP contribution < -0.4 is 10.6 Å². The largest absolute Gasteiger partial charge is 0.481 e. The number of ether oxygens (including phenoxy) is 1. The number of carbonyl (C=O) groups is 5. The summed E-state index contributed by atoms with van der Waals surface area (Å²) in [7, 11) is 0. The third-order valence-electron chi connectivity index (χ3n) is 6.80. The number of nitrogens with one attached hydrogen (secondary N) is 2. The number of carboxylic acids is 1. The second-order valence-corrected chi connectivity index (χ2v) is 10.2. The molecule has 0 saturated carbocycles. The molecule has 3 aromatic carbocycles. The first kappa shape index (κ1) is 31.0. The van der Waals surface area contributed by atoms with Crippen molar-refractivity contribution in [2.45, 2.75) is 45.6 Å². The molecule has 3 aromatic rings. The summed E-state index contributed by atoms with van der Waals surface area (Å²) in [6.45, 7) is 3.25. The van der Waals surface area contributed by atoms with Crippen molar-refractivity contribution in [3.63, 3.8) is 0 Å². The Hall–Kier alpha value is -4.53. The molecule has 0 fully saturated rings. The maximum atomic E-state index is 13.1. The van der Waals surface area contributed by atoms with E-state index in [1.54, 1.807) is 19.9 Å². The van der Waals surface area contributed by atoms with Gasteiger partial charge in [-0.1, -0.05) is 86.6 Å². The minimum Gasteiger partial charge on any atom is -0.481 e. The SMILES string of the molecule is CC(C)C(CC(=O)NCCc1ccccc1)C(=O)NC(CC(=O)O)C(=O)COC(=O)Cc1cccc2ccccc12. The molecule has 0 aromatic heterocycles. The van der Waals surface area contributed by atoms with Crippen molar-refractivity contribution in [1.82, 2.24) is 10.6 Å². The summed E-state index contributed by atoms with van der Waals surface area (Å²) in [5, 5.41) is 16.5. The number of fused-ring (bicyclic) bond motifs is 1. The average molecular weight is 561 g/mol. The van der Waals surface area contributed by atoms with E-state index in [9.17, 15) is 29.1 Å². The van der Waals surface area contributed by atoms with Crippen LogP contribution in [0.2, 0.25) is 0 Å². The van der Waals surface area contributed by atoms with Gasteiger partial charge in [-0.05, 0) is 34.2 Å². The zero-order chi connectivity index (χ0) is 29.8. The monoisotopic (exact) mass is 560 g/mol. The van der Waals surface area contributed by atoms with E-state index in [-0.39, 0.29) is 24.7 Å². The first-order chi connectivity index (χ1) is 19.6. The number of aliphatic carboxylic acids is 1. The third kappa shape index (κ3) is 9.86. The predicted molar refractivity (Wildman–Crippen MR) is 154 cm³/mol. The Morgan fingerprint density at radius 1 is 0.854 bits per heavy atom. The fraction of sp³-hybridized carbons (Fsp3) is 0.344. The Kier molecular flexibility index (Phi) is 11.6. The zero-order valence-electron chi connectivity index (χ0n) is 23.3. The van der Waals surface area contributed by atoms with E-state index in [4.69, 9.17) is 4.74 Å².